The molecule has 0 aliphatic rings. The third kappa shape index (κ3) is 18.3. The first-order valence-corrected chi connectivity index (χ1v) is 17.1. The third-order valence-electron chi connectivity index (χ3n) is 5.91. The van der Waals surface area contributed by atoms with E-state index in [0.717, 1.165) is 64.4 Å². The molecule has 0 rings (SSSR count). The lowest BCUT2D eigenvalue weighted by molar-refractivity contribution is 0.117. The van der Waals surface area contributed by atoms with Crippen molar-refractivity contribution < 1.29 is 27.2 Å². The van der Waals surface area contributed by atoms with Gasteiger partial charge in [0.2, 0.25) is 0 Å². The molecule has 9 heteroatoms. The Hall–Kier alpha value is 0.154. The van der Waals surface area contributed by atoms with E-state index in [-0.39, 0.29) is 0 Å². The highest BCUT2D eigenvalue weighted by atomic mass is 28.4. The molecule has 0 bridgehead atoms. The highest BCUT2D eigenvalue weighted by molar-refractivity contribution is 6.66. The van der Waals surface area contributed by atoms with E-state index in [9.17, 15) is 0 Å². The van der Waals surface area contributed by atoms with Gasteiger partial charge in [0.25, 0.3) is 0 Å². The highest BCUT2D eigenvalue weighted by Gasteiger charge is 2.28. The van der Waals surface area contributed by atoms with Gasteiger partial charge in [-0.2, -0.15) is 0 Å². The molecule has 0 saturated heterocycles. The van der Waals surface area contributed by atoms with Gasteiger partial charge in [-0.15, -0.1) is 0 Å². The van der Waals surface area contributed by atoms with E-state index >= 15 is 0 Å². The minimum atomic E-state index is -1.87. The van der Waals surface area contributed by atoms with Crippen molar-refractivity contribution in [3.63, 3.8) is 0 Å². The minimum absolute atomic E-state index is 0.767. The van der Waals surface area contributed by atoms with Crippen LogP contribution in [-0.4, -0.2) is 85.1 Å². The fourth-order valence-corrected chi connectivity index (χ4v) is 6.13. The predicted octanol–water partition coefficient (Wildman–Crippen LogP) is 4.46. The Kier molecular flexibility index (Phi) is 20.8. The lowest BCUT2D eigenvalue weighted by Crippen LogP contribution is -2.35. The van der Waals surface area contributed by atoms with Crippen LogP contribution in [0.15, 0.2) is 0 Å². The Balaban J connectivity index is 3.22. The summed E-state index contributed by atoms with van der Waals surface area (Å²) in [5.74, 6) is 0. The summed E-state index contributed by atoms with van der Waals surface area (Å²) < 4.78 is 33.4. The van der Waals surface area contributed by atoms with E-state index in [1.807, 2.05) is 0 Å². The van der Waals surface area contributed by atoms with Crippen molar-refractivity contribution in [1.29, 1.82) is 0 Å². The molecular weight excluding hydrogens is 430 g/mol. The molecule has 0 atom stereocenters. The van der Waals surface area contributed by atoms with Crippen LogP contribution in [0.25, 0.3) is 0 Å². The predicted molar refractivity (Wildman–Crippen MR) is 132 cm³/mol. The quantitative estimate of drug-likeness (QED) is 0.161. The van der Waals surface area contributed by atoms with Crippen molar-refractivity contribution >= 4 is 17.1 Å². The Labute approximate surface area is 194 Å². The molecule has 0 heterocycles. The highest BCUT2D eigenvalue weighted by Crippen LogP contribution is 2.17. The van der Waals surface area contributed by atoms with E-state index in [1.165, 1.54) is 38.5 Å². The SMILES string of the molecule is CO[Si](C)(CCCCCCOCCNCCOCCCCCC[Si](C)(OC)OC)OC. The lowest BCUT2D eigenvalue weighted by Gasteiger charge is -2.22. The zero-order valence-corrected chi connectivity index (χ0v) is 23.3. The number of hydrogen-bond donors (Lipinski definition) is 1. The van der Waals surface area contributed by atoms with Crippen molar-refractivity contribution in [3.05, 3.63) is 0 Å². The van der Waals surface area contributed by atoms with E-state index in [1.54, 1.807) is 28.4 Å². The average Bonchev–Trinajstić information content (AvgIpc) is 2.80. The summed E-state index contributed by atoms with van der Waals surface area (Å²) in [7, 11) is 3.29. The van der Waals surface area contributed by atoms with Crippen molar-refractivity contribution in [3.8, 4) is 0 Å². The van der Waals surface area contributed by atoms with Crippen LogP contribution in [0.5, 0.6) is 0 Å². The van der Waals surface area contributed by atoms with Gasteiger partial charge in [-0.25, -0.2) is 0 Å². The second kappa shape index (κ2) is 20.7. The van der Waals surface area contributed by atoms with Crippen molar-refractivity contribution in [2.24, 2.45) is 0 Å². The Morgan fingerprint density at radius 1 is 0.484 bits per heavy atom. The summed E-state index contributed by atoms with van der Waals surface area (Å²) in [6.07, 6.45) is 9.45. The molecule has 7 nitrogen and oxygen atoms in total. The summed E-state index contributed by atoms with van der Waals surface area (Å²) in [5.41, 5.74) is 0. The second-order valence-electron chi connectivity index (χ2n) is 8.39. The fourth-order valence-electron chi connectivity index (χ4n) is 3.20. The Morgan fingerprint density at radius 2 is 0.839 bits per heavy atom. The summed E-state index contributed by atoms with van der Waals surface area (Å²) in [4.78, 5) is 0. The molecule has 0 aliphatic heterocycles. The normalized spacial score (nSPS) is 12.6. The van der Waals surface area contributed by atoms with E-state index in [0.29, 0.717) is 0 Å². The molecule has 1 N–H and O–H groups in total. The standard InChI is InChI=1S/C22H51NO6Si2/c1-24-30(5,25-2)21-13-9-7-11-17-28-19-15-23-16-20-29-18-12-8-10-14-22-31(6,26-3)27-4/h23H,7-22H2,1-6H3. The van der Waals surface area contributed by atoms with Gasteiger partial charge >= 0.3 is 17.1 Å². The van der Waals surface area contributed by atoms with Gasteiger partial charge in [0.15, 0.2) is 0 Å². The van der Waals surface area contributed by atoms with Gasteiger partial charge in [0.05, 0.1) is 13.2 Å². The van der Waals surface area contributed by atoms with Crippen LogP contribution < -0.4 is 5.32 Å². The number of ether oxygens (including phenoxy) is 2. The number of hydrogen-bond acceptors (Lipinski definition) is 7. The molecule has 0 unspecified atom stereocenters. The van der Waals surface area contributed by atoms with Gasteiger partial charge in [0, 0.05) is 54.7 Å². The van der Waals surface area contributed by atoms with E-state index in [4.69, 9.17) is 27.2 Å². The molecule has 0 aliphatic carbocycles. The Morgan fingerprint density at radius 3 is 1.19 bits per heavy atom. The molecule has 0 saturated carbocycles. The first kappa shape index (κ1) is 31.2. The number of nitrogens with one attached hydrogen (secondary N) is 1. The maximum absolute atomic E-state index is 5.69. The minimum Gasteiger partial charge on any atom is -0.398 e. The lowest BCUT2D eigenvalue weighted by atomic mass is 10.2. The van der Waals surface area contributed by atoms with Crippen molar-refractivity contribution in [2.75, 3.05) is 68.0 Å². The maximum atomic E-state index is 5.69. The number of unbranched alkanes of at least 4 members (excludes halogenated alkanes) is 6. The summed E-state index contributed by atoms with van der Waals surface area (Å²) in [6.45, 7) is 9.24. The topological polar surface area (TPSA) is 67.4 Å². The fraction of sp³-hybridized carbons (Fsp3) is 1.00. The number of rotatable bonds is 24. The van der Waals surface area contributed by atoms with Crippen LogP contribution in [0, 0.1) is 0 Å². The van der Waals surface area contributed by atoms with Gasteiger partial charge in [-0.3, -0.25) is 0 Å². The monoisotopic (exact) mass is 481 g/mol. The molecule has 188 valence electrons. The van der Waals surface area contributed by atoms with E-state index < -0.39 is 17.1 Å². The van der Waals surface area contributed by atoms with Crippen LogP contribution >= 0.6 is 0 Å². The van der Waals surface area contributed by atoms with Crippen LogP contribution in [0.2, 0.25) is 25.2 Å². The van der Waals surface area contributed by atoms with Gasteiger partial charge in [-0.1, -0.05) is 38.5 Å². The average molecular weight is 482 g/mol. The maximum Gasteiger partial charge on any atom is 0.334 e. The van der Waals surface area contributed by atoms with Crippen molar-refractivity contribution in [2.45, 2.75) is 76.5 Å². The molecule has 0 fully saturated rings. The molecule has 0 aromatic heterocycles. The molecular formula is C22H51NO6Si2. The van der Waals surface area contributed by atoms with Crippen LogP contribution in [0.3, 0.4) is 0 Å². The molecule has 0 amide bonds. The van der Waals surface area contributed by atoms with Gasteiger partial charge in [0.1, 0.15) is 0 Å². The zero-order valence-electron chi connectivity index (χ0n) is 21.3. The molecule has 0 aromatic rings. The van der Waals surface area contributed by atoms with E-state index in [2.05, 4.69) is 18.4 Å². The van der Waals surface area contributed by atoms with Gasteiger partial charge < -0.3 is 32.5 Å². The smallest absolute Gasteiger partial charge is 0.334 e. The molecule has 31 heavy (non-hydrogen) atoms. The second-order valence-corrected chi connectivity index (χ2v) is 15.6. The van der Waals surface area contributed by atoms with Crippen molar-refractivity contribution in [1.82, 2.24) is 5.32 Å². The Bertz CT molecular complexity index is 351. The summed E-state index contributed by atoms with van der Waals surface area (Å²) >= 11 is 0. The first-order valence-electron chi connectivity index (χ1n) is 12.0. The first-order chi connectivity index (χ1) is 14.9. The van der Waals surface area contributed by atoms with Crippen LogP contribution in [0.4, 0.5) is 0 Å². The van der Waals surface area contributed by atoms with Crippen LogP contribution in [-0.2, 0) is 27.2 Å². The zero-order chi connectivity index (χ0) is 23.3. The molecule has 0 radical (unpaired) electrons. The molecule has 0 spiro atoms. The summed E-state index contributed by atoms with van der Waals surface area (Å²) in [5, 5.41) is 3.37. The molecule has 0 aromatic carbocycles. The largest absolute Gasteiger partial charge is 0.398 e. The van der Waals surface area contributed by atoms with Crippen LogP contribution in [0.1, 0.15) is 51.4 Å². The third-order valence-corrected chi connectivity index (χ3v) is 11.9. The summed E-state index contributed by atoms with van der Waals surface area (Å²) in [6, 6.07) is 2.13. The van der Waals surface area contributed by atoms with Gasteiger partial charge in [-0.05, 0) is 38.0 Å².